The van der Waals surface area contributed by atoms with E-state index in [1.807, 2.05) is 0 Å². The van der Waals surface area contributed by atoms with Gasteiger partial charge in [0.25, 0.3) is 0 Å². The average molecular weight is 477 g/mol. The Hall–Kier alpha value is -1.95. The first-order valence-electron chi connectivity index (χ1n) is 8.50. The molecule has 1 amide bonds. The van der Waals surface area contributed by atoms with E-state index in [1.165, 1.54) is 12.4 Å². The smallest absolute Gasteiger partial charge is 0.358 e. The van der Waals surface area contributed by atoms with Gasteiger partial charge in [0.05, 0.1) is 17.6 Å². The Bertz CT molecular complexity index is 728. The van der Waals surface area contributed by atoms with Crippen molar-refractivity contribution in [3.05, 3.63) is 36.4 Å². The number of hydrogen-bond donors (Lipinski definition) is 2. The lowest BCUT2D eigenvalue weighted by Gasteiger charge is -2.24. The Morgan fingerprint density at radius 3 is 2.43 bits per heavy atom. The van der Waals surface area contributed by atoms with Gasteiger partial charge in [-0.25, -0.2) is 0 Å². The van der Waals surface area contributed by atoms with Gasteiger partial charge >= 0.3 is 12.4 Å². The van der Waals surface area contributed by atoms with Gasteiger partial charge in [0.1, 0.15) is 5.17 Å². The highest BCUT2D eigenvalue weighted by Gasteiger charge is 2.56. The number of nitrogens with one attached hydrogen (secondary N) is 2. The molecule has 1 aromatic heterocycles. The number of alkyl halides is 6. The molecule has 0 bridgehead atoms. The number of rotatable bonds is 10. The molecule has 13 heteroatoms. The standard InChI is InChI=1S/C17H19ClF6N4OS/c1-2-28(12(15(18)25)9-27-11-4-3-6-26-8-11)14(29)5-7-30-10-13(16(19,20)21)17(22,23)24/h3-4,6,8-9,13,25,27H,2,5,7,10H2,1H3/b12-9+,25-15?. The van der Waals surface area contributed by atoms with E-state index < -0.39 is 35.1 Å². The number of amides is 1. The summed E-state index contributed by atoms with van der Waals surface area (Å²) in [5.74, 6) is -5.53. The quantitative estimate of drug-likeness (QED) is 0.274. The minimum absolute atomic E-state index is 0.00137. The van der Waals surface area contributed by atoms with E-state index >= 15 is 0 Å². The molecule has 0 radical (unpaired) electrons. The van der Waals surface area contributed by atoms with Crippen molar-refractivity contribution in [1.82, 2.24) is 9.88 Å². The number of carbonyl (C=O) groups excluding carboxylic acids is 1. The first kappa shape index (κ1) is 26.1. The van der Waals surface area contributed by atoms with Crippen LogP contribution in [-0.2, 0) is 4.79 Å². The lowest BCUT2D eigenvalue weighted by atomic mass is 10.1. The van der Waals surface area contributed by atoms with E-state index in [4.69, 9.17) is 17.0 Å². The maximum atomic E-state index is 12.5. The van der Waals surface area contributed by atoms with Crippen LogP contribution < -0.4 is 5.32 Å². The molecule has 5 nitrogen and oxygen atoms in total. The first-order chi connectivity index (χ1) is 13.9. The Morgan fingerprint density at radius 1 is 1.33 bits per heavy atom. The molecule has 1 heterocycles. The molecular weight excluding hydrogens is 458 g/mol. The number of anilines is 1. The lowest BCUT2D eigenvalue weighted by molar-refractivity contribution is -0.276. The SMILES string of the molecule is CCN(C(=O)CCSCC(C(F)(F)F)C(F)(F)F)/C(=C/Nc1cccnc1)C(=N)Cl. The van der Waals surface area contributed by atoms with E-state index in [9.17, 15) is 31.1 Å². The molecule has 0 aliphatic heterocycles. The zero-order valence-corrected chi connectivity index (χ0v) is 17.2. The average Bonchev–Trinajstić information content (AvgIpc) is 2.63. The monoisotopic (exact) mass is 476 g/mol. The highest BCUT2D eigenvalue weighted by atomic mass is 35.5. The van der Waals surface area contributed by atoms with Crippen LogP contribution in [0.2, 0.25) is 0 Å². The summed E-state index contributed by atoms with van der Waals surface area (Å²) in [6.45, 7) is 1.68. The molecule has 0 atom stereocenters. The van der Waals surface area contributed by atoms with Crippen molar-refractivity contribution in [3.8, 4) is 0 Å². The Balaban J connectivity index is 2.73. The minimum Gasteiger partial charge on any atom is -0.358 e. The van der Waals surface area contributed by atoms with Crippen LogP contribution in [0.15, 0.2) is 36.4 Å². The van der Waals surface area contributed by atoms with Crippen molar-refractivity contribution in [2.75, 3.05) is 23.4 Å². The Labute approximate surface area is 178 Å². The van der Waals surface area contributed by atoms with Crippen LogP contribution in [0.1, 0.15) is 13.3 Å². The summed E-state index contributed by atoms with van der Waals surface area (Å²) in [6, 6.07) is 3.32. The molecule has 0 fully saturated rings. The van der Waals surface area contributed by atoms with Crippen LogP contribution in [0, 0.1) is 11.3 Å². The topological polar surface area (TPSA) is 69.1 Å². The summed E-state index contributed by atoms with van der Waals surface area (Å²) >= 11 is 6.13. The second kappa shape index (κ2) is 11.4. The number of carbonyl (C=O) groups is 1. The predicted molar refractivity (Wildman–Crippen MR) is 104 cm³/mol. The van der Waals surface area contributed by atoms with Crippen molar-refractivity contribution in [3.63, 3.8) is 0 Å². The third-order valence-corrected chi connectivity index (χ3v) is 4.96. The van der Waals surface area contributed by atoms with Gasteiger partial charge < -0.3 is 10.2 Å². The van der Waals surface area contributed by atoms with Gasteiger partial charge in [-0.3, -0.25) is 15.2 Å². The van der Waals surface area contributed by atoms with Gasteiger partial charge in [0.15, 0.2) is 5.92 Å². The zero-order valence-electron chi connectivity index (χ0n) is 15.6. The van der Waals surface area contributed by atoms with Crippen LogP contribution in [0.25, 0.3) is 0 Å². The van der Waals surface area contributed by atoms with Crippen molar-refractivity contribution in [2.24, 2.45) is 5.92 Å². The van der Waals surface area contributed by atoms with Gasteiger partial charge in [-0.15, -0.1) is 0 Å². The minimum atomic E-state index is -5.41. The van der Waals surface area contributed by atoms with Gasteiger partial charge in [-0.05, 0) is 19.1 Å². The number of pyridine rings is 1. The number of hydrogen-bond acceptors (Lipinski definition) is 5. The predicted octanol–water partition coefficient (Wildman–Crippen LogP) is 5.26. The molecule has 30 heavy (non-hydrogen) atoms. The number of aromatic nitrogens is 1. The molecule has 0 aromatic carbocycles. The van der Waals surface area contributed by atoms with Crippen LogP contribution in [0.4, 0.5) is 32.0 Å². The zero-order chi connectivity index (χ0) is 22.9. The summed E-state index contributed by atoms with van der Waals surface area (Å²) in [6.07, 6.45) is -6.82. The van der Waals surface area contributed by atoms with Crippen molar-refractivity contribution in [1.29, 1.82) is 5.41 Å². The molecule has 1 aromatic rings. The highest BCUT2D eigenvalue weighted by molar-refractivity contribution is 7.99. The third-order valence-electron chi connectivity index (χ3n) is 3.71. The second-order valence-electron chi connectivity index (χ2n) is 5.83. The molecule has 0 unspecified atom stereocenters. The molecule has 1 rings (SSSR count). The number of nitrogens with zero attached hydrogens (tertiary/aromatic N) is 2. The number of thioether (sulfide) groups is 1. The van der Waals surface area contributed by atoms with Crippen LogP contribution in [-0.4, -0.2) is 51.4 Å². The fourth-order valence-corrected chi connectivity index (χ4v) is 3.47. The second-order valence-corrected chi connectivity index (χ2v) is 7.36. The Morgan fingerprint density at radius 2 is 1.97 bits per heavy atom. The maximum absolute atomic E-state index is 12.5. The van der Waals surface area contributed by atoms with Crippen molar-refractivity contribution < 1.29 is 31.1 Å². The summed E-state index contributed by atoms with van der Waals surface area (Å²) < 4.78 is 75.2. The number of halogens is 7. The third kappa shape index (κ3) is 8.42. The summed E-state index contributed by atoms with van der Waals surface area (Å²) in [7, 11) is 0. The molecule has 168 valence electrons. The van der Waals surface area contributed by atoms with Gasteiger partial charge in [-0.2, -0.15) is 38.1 Å². The first-order valence-corrected chi connectivity index (χ1v) is 10.0. The summed E-state index contributed by atoms with van der Waals surface area (Å²) in [5, 5.41) is 9.99. The Kier molecular flexibility index (Phi) is 9.95. The molecule has 0 saturated heterocycles. The van der Waals surface area contributed by atoms with Crippen molar-refractivity contribution in [2.45, 2.75) is 25.7 Å². The van der Waals surface area contributed by atoms with E-state index in [0.29, 0.717) is 17.4 Å². The molecule has 0 saturated carbocycles. The van der Waals surface area contributed by atoms with Crippen LogP contribution in [0.3, 0.4) is 0 Å². The van der Waals surface area contributed by atoms with Gasteiger partial charge in [-0.1, -0.05) is 11.6 Å². The summed E-state index contributed by atoms with van der Waals surface area (Å²) in [5.41, 5.74) is 0.554. The van der Waals surface area contributed by atoms with Gasteiger partial charge in [0.2, 0.25) is 5.91 Å². The number of allylic oxidation sites excluding steroid dienone is 1. The van der Waals surface area contributed by atoms with E-state index in [0.717, 1.165) is 4.90 Å². The molecular formula is C17H19ClF6N4OS. The van der Waals surface area contributed by atoms with E-state index in [2.05, 4.69) is 10.3 Å². The van der Waals surface area contributed by atoms with Gasteiger partial charge in [0, 0.05) is 36.9 Å². The summed E-state index contributed by atoms with van der Waals surface area (Å²) in [4.78, 5) is 17.4. The normalized spacial score (nSPS) is 12.8. The highest BCUT2D eigenvalue weighted by Crippen LogP contribution is 2.41. The van der Waals surface area contributed by atoms with Crippen LogP contribution >= 0.6 is 23.4 Å². The molecule has 2 N–H and O–H groups in total. The fraction of sp³-hybridized carbons (Fsp3) is 0.471. The lowest BCUT2D eigenvalue weighted by Crippen LogP contribution is -2.38. The van der Waals surface area contributed by atoms with E-state index in [-0.39, 0.29) is 24.4 Å². The van der Waals surface area contributed by atoms with Crippen molar-refractivity contribution >= 4 is 40.1 Å². The molecule has 0 spiro atoms. The van der Waals surface area contributed by atoms with Crippen LogP contribution in [0.5, 0.6) is 0 Å². The largest absolute Gasteiger partial charge is 0.401 e. The van der Waals surface area contributed by atoms with E-state index in [1.54, 1.807) is 25.3 Å². The fourth-order valence-electron chi connectivity index (χ4n) is 2.21. The molecule has 0 aliphatic rings. The maximum Gasteiger partial charge on any atom is 0.401 e. The molecule has 0 aliphatic carbocycles.